The lowest BCUT2D eigenvalue weighted by Crippen LogP contribution is -2.27. The second-order valence-electron chi connectivity index (χ2n) is 4.28. The van der Waals surface area contributed by atoms with Crippen LogP contribution in [0, 0.1) is 0 Å². The molecule has 1 unspecified atom stereocenters. The van der Waals surface area contributed by atoms with Crippen LogP contribution < -0.4 is 5.32 Å². The first-order valence-corrected chi connectivity index (χ1v) is 7.13. The SMILES string of the molecule is CCNC(C)CSc1ccc2ccccc2c1. The lowest BCUT2D eigenvalue weighted by molar-refractivity contribution is 0.620. The van der Waals surface area contributed by atoms with Gasteiger partial charge in [-0.25, -0.2) is 0 Å². The Morgan fingerprint density at radius 1 is 1.12 bits per heavy atom. The standard InChI is InChI=1S/C15H19NS/c1-3-16-12(2)11-17-15-9-8-13-6-4-5-7-14(13)10-15/h4-10,12,16H,3,11H2,1-2H3. The van der Waals surface area contributed by atoms with Gasteiger partial charge < -0.3 is 5.32 Å². The number of fused-ring (bicyclic) bond motifs is 1. The van der Waals surface area contributed by atoms with Crippen LogP contribution in [0.15, 0.2) is 47.4 Å². The Labute approximate surface area is 108 Å². The van der Waals surface area contributed by atoms with E-state index in [2.05, 4.69) is 61.6 Å². The Morgan fingerprint density at radius 3 is 2.65 bits per heavy atom. The molecule has 0 bridgehead atoms. The predicted molar refractivity (Wildman–Crippen MR) is 77.8 cm³/mol. The maximum atomic E-state index is 3.43. The van der Waals surface area contributed by atoms with E-state index in [1.807, 2.05) is 11.8 Å². The number of thioether (sulfide) groups is 1. The van der Waals surface area contributed by atoms with E-state index in [1.165, 1.54) is 15.7 Å². The maximum absolute atomic E-state index is 3.43. The summed E-state index contributed by atoms with van der Waals surface area (Å²) in [6.07, 6.45) is 0. The molecule has 0 heterocycles. The molecule has 0 aliphatic rings. The van der Waals surface area contributed by atoms with Crippen molar-refractivity contribution in [2.45, 2.75) is 24.8 Å². The van der Waals surface area contributed by atoms with Crippen molar-refractivity contribution in [2.24, 2.45) is 0 Å². The van der Waals surface area contributed by atoms with Crippen LogP contribution in [0.1, 0.15) is 13.8 Å². The molecule has 1 N–H and O–H groups in total. The zero-order chi connectivity index (χ0) is 12.1. The average molecular weight is 245 g/mol. The summed E-state index contributed by atoms with van der Waals surface area (Å²) in [5.74, 6) is 1.12. The topological polar surface area (TPSA) is 12.0 Å². The Kier molecular flexibility index (Phi) is 4.46. The summed E-state index contributed by atoms with van der Waals surface area (Å²) >= 11 is 1.92. The van der Waals surface area contributed by atoms with Gasteiger partial charge in [0, 0.05) is 16.7 Å². The normalized spacial score (nSPS) is 12.8. The quantitative estimate of drug-likeness (QED) is 0.801. The lowest BCUT2D eigenvalue weighted by Gasteiger charge is -2.11. The summed E-state index contributed by atoms with van der Waals surface area (Å²) < 4.78 is 0. The Bertz CT molecular complexity index is 481. The van der Waals surface area contributed by atoms with E-state index in [4.69, 9.17) is 0 Å². The second kappa shape index (κ2) is 6.08. The number of benzene rings is 2. The van der Waals surface area contributed by atoms with Crippen molar-refractivity contribution in [2.75, 3.05) is 12.3 Å². The van der Waals surface area contributed by atoms with Crippen LogP contribution >= 0.6 is 11.8 Å². The van der Waals surface area contributed by atoms with Gasteiger partial charge in [0.25, 0.3) is 0 Å². The van der Waals surface area contributed by atoms with Crippen molar-refractivity contribution in [3.05, 3.63) is 42.5 Å². The molecule has 0 aliphatic carbocycles. The molecular weight excluding hydrogens is 226 g/mol. The van der Waals surface area contributed by atoms with E-state index in [0.717, 1.165) is 12.3 Å². The highest BCUT2D eigenvalue weighted by Crippen LogP contribution is 2.23. The molecule has 90 valence electrons. The summed E-state index contributed by atoms with van der Waals surface area (Å²) in [4.78, 5) is 1.36. The highest BCUT2D eigenvalue weighted by molar-refractivity contribution is 7.99. The predicted octanol–water partition coefficient (Wildman–Crippen LogP) is 3.93. The smallest absolute Gasteiger partial charge is 0.0133 e. The van der Waals surface area contributed by atoms with Crippen molar-refractivity contribution >= 4 is 22.5 Å². The molecule has 1 nitrogen and oxygen atoms in total. The highest BCUT2D eigenvalue weighted by atomic mass is 32.2. The zero-order valence-corrected chi connectivity index (χ0v) is 11.3. The van der Waals surface area contributed by atoms with Crippen molar-refractivity contribution in [3.63, 3.8) is 0 Å². The molecule has 2 rings (SSSR count). The summed E-state index contributed by atoms with van der Waals surface area (Å²) in [7, 11) is 0. The Hall–Kier alpha value is -0.990. The first kappa shape index (κ1) is 12.5. The van der Waals surface area contributed by atoms with Gasteiger partial charge in [-0.2, -0.15) is 0 Å². The highest BCUT2D eigenvalue weighted by Gasteiger charge is 2.01. The fraction of sp³-hybridized carbons (Fsp3) is 0.333. The van der Waals surface area contributed by atoms with Crippen LogP contribution in [-0.4, -0.2) is 18.3 Å². The van der Waals surface area contributed by atoms with Gasteiger partial charge in [0.2, 0.25) is 0 Å². The zero-order valence-electron chi connectivity index (χ0n) is 10.4. The van der Waals surface area contributed by atoms with Gasteiger partial charge in [-0.3, -0.25) is 0 Å². The van der Waals surface area contributed by atoms with Crippen LogP contribution in [0.5, 0.6) is 0 Å². The molecular formula is C15H19NS. The molecule has 1 atom stereocenters. The van der Waals surface area contributed by atoms with E-state index in [0.29, 0.717) is 6.04 Å². The lowest BCUT2D eigenvalue weighted by atomic mass is 10.1. The van der Waals surface area contributed by atoms with Gasteiger partial charge in [0.15, 0.2) is 0 Å². The minimum absolute atomic E-state index is 0.566. The van der Waals surface area contributed by atoms with E-state index < -0.39 is 0 Å². The number of nitrogens with one attached hydrogen (secondary N) is 1. The molecule has 17 heavy (non-hydrogen) atoms. The third-order valence-electron chi connectivity index (χ3n) is 2.77. The van der Waals surface area contributed by atoms with Crippen molar-refractivity contribution in [1.82, 2.24) is 5.32 Å². The van der Waals surface area contributed by atoms with Gasteiger partial charge in [-0.15, -0.1) is 11.8 Å². The van der Waals surface area contributed by atoms with E-state index >= 15 is 0 Å². The summed E-state index contributed by atoms with van der Waals surface area (Å²) in [6.45, 7) is 5.42. The third-order valence-corrected chi connectivity index (χ3v) is 4.03. The molecule has 2 aromatic carbocycles. The monoisotopic (exact) mass is 245 g/mol. The first-order valence-electron chi connectivity index (χ1n) is 6.14. The molecule has 0 saturated carbocycles. The molecule has 0 fully saturated rings. The molecule has 2 aromatic rings. The summed E-state index contributed by atoms with van der Waals surface area (Å²) in [5, 5.41) is 6.08. The van der Waals surface area contributed by atoms with Crippen LogP contribution in [0.25, 0.3) is 10.8 Å². The van der Waals surface area contributed by atoms with E-state index in [1.54, 1.807) is 0 Å². The third kappa shape index (κ3) is 3.48. The molecule has 0 saturated heterocycles. The first-order chi connectivity index (χ1) is 8.29. The Balaban J connectivity index is 2.04. The van der Waals surface area contributed by atoms with Crippen molar-refractivity contribution in [1.29, 1.82) is 0 Å². The average Bonchev–Trinajstić information content (AvgIpc) is 2.36. The van der Waals surface area contributed by atoms with Crippen molar-refractivity contribution in [3.8, 4) is 0 Å². The molecule has 0 radical (unpaired) electrons. The van der Waals surface area contributed by atoms with Crippen LogP contribution in [0.4, 0.5) is 0 Å². The molecule has 2 heteroatoms. The second-order valence-corrected chi connectivity index (χ2v) is 5.37. The van der Waals surface area contributed by atoms with E-state index in [-0.39, 0.29) is 0 Å². The molecule has 0 spiro atoms. The molecule has 0 aromatic heterocycles. The fourth-order valence-corrected chi connectivity index (χ4v) is 2.82. The minimum atomic E-state index is 0.566. The Morgan fingerprint density at radius 2 is 1.88 bits per heavy atom. The number of hydrogen-bond acceptors (Lipinski definition) is 2. The number of rotatable bonds is 5. The van der Waals surface area contributed by atoms with Gasteiger partial charge in [0.05, 0.1) is 0 Å². The van der Waals surface area contributed by atoms with Gasteiger partial charge in [0.1, 0.15) is 0 Å². The summed E-state index contributed by atoms with van der Waals surface area (Å²) in [6, 6.07) is 15.8. The van der Waals surface area contributed by atoms with Gasteiger partial charge in [-0.05, 0) is 36.4 Å². The van der Waals surface area contributed by atoms with Crippen molar-refractivity contribution < 1.29 is 0 Å². The number of hydrogen-bond donors (Lipinski definition) is 1. The van der Waals surface area contributed by atoms with Crippen LogP contribution in [0.3, 0.4) is 0 Å². The minimum Gasteiger partial charge on any atom is -0.314 e. The van der Waals surface area contributed by atoms with Gasteiger partial charge in [-0.1, -0.05) is 37.3 Å². The van der Waals surface area contributed by atoms with E-state index in [9.17, 15) is 0 Å². The molecule has 0 amide bonds. The maximum Gasteiger partial charge on any atom is 0.0133 e. The molecule has 0 aliphatic heterocycles. The summed E-state index contributed by atoms with van der Waals surface area (Å²) in [5.41, 5.74) is 0. The van der Waals surface area contributed by atoms with Gasteiger partial charge >= 0.3 is 0 Å². The van der Waals surface area contributed by atoms with Crippen LogP contribution in [0.2, 0.25) is 0 Å². The van der Waals surface area contributed by atoms with Crippen LogP contribution in [-0.2, 0) is 0 Å². The fourth-order valence-electron chi connectivity index (χ4n) is 1.89. The largest absolute Gasteiger partial charge is 0.314 e.